The Balaban J connectivity index is 1.62. The van der Waals surface area contributed by atoms with Crippen LogP contribution in [0.2, 0.25) is 0 Å². The Morgan fingerprint density at radius 2 is 1.68 bits per heavy atom. The van der Waals surface area contributed by atoms with Crippen molar-refractivity contribution in [2.45, 2.75) is 32.9 Å². The Kier molecular flexibility index (Phi) is 7.93. The number of carbonyl (C=O) groups is 2. The highest BCUT2D eigenvalue weighted by molar-refractivity contribution is 5.93. The van der Waals surface area contributed by atoms with E-state index >= 15 is 0 Å². The molecule has 0 bridgehead atoms. The van der Waals surface area contributed by atoms with Crippen molar-refractivity contribution >= 4 is 17.5 Å². The van der Waals surface area contributed by atoms with Crippen LogP contribution >= 0.6 is 0 Å². The monoisotopic (exact) mass is 458 g/mol. The molecule has 2 amide bonds. The van der Waals surface area contributed by atoms with Crippen molar-refractivity contribution in [1.82, 2.24) is 24.8 Å². The van der Waals surface area contributed by atoms with Gasteiger partial charge in [-0.3, -0.25) is 19.5 Å². The topological polar surface area (TPSA) is 82.5 Å². The zero-order valence-electron chi connectivity index (χ0n) is 19.5. The van der Waals surface area contributed by atoms with E-state index in [-0.39, 0.29) is 11.8 Å². The molecule has 0 fully saturated rings. The van der Waals surface area contributed by atoms with Crippen LogP contribution in [0.5, 0.6) is 0 Å². The largest absolute Gasteiger partial charge is 0.333 e. The lowest BCUT2D eigenvalue weighted by Gasteiger charge is -2.31. The Morgan fingerprint density at radius 1 is 0.882 bits per heavy atom. The number of pyridine rings is 1. The molecule has 34 heavy (non-hydrogen) atoms. The average molecular weight is 459 g/mol. The van der Waals surface area contributed by atoms with Crippen LogP contribution in [0.3, 0.4) is 0 Å². The first-order chi connectivity index (χ1) is 16.6. The molecular weight excluding hydrogens is 428 g/mol. The number of fused-ring (bicyclic) bond motifs is 1. The van der Waals surface area contributed by atoms with Crippen molar-refractivity contribution in [2.24, 2.45) is 0 Å². The van der Waals surface area contributed by atoms with Crippen LogP contribution in [0.1, 0.15) is 41.5 Å². The third kappa shape index (κ3) is 6.02. The van der Waals surface area contributed by atoms with E-state index in [9.17, 15) is 9.59 Å². The number of carbonyl (C=O) groups excluding carboxylic acids is 2. The van der Waals surface area contributed by atoms with Gasteiger partial charge in [-0.05, 0) is 42.7 Å². The Morgan fingerprint density at radius 3 is 2.41 bits per heavy atom. The van der Waals surface area contributed by atoms with Gasteiger partial charge in [0, 0.05) is 64.3 Å². The summed E-state index contributed by atoms with van der Waals surface area (Å²) in [4.78, 5) is 44.5. The van der Waals surface area contributed by atoms with Gasteiger partial charge in [-0.1, -0.05) is 24.3 Å². The lowest BCUT2D eigenvalue weighted by molar-refractivity contribution is -0.116. The molecular formula is C26H30N6O2. The maximum atomic E-state index is 13.3. The van der Waals surface area contributed by atoms with Gasteiger partial charge in [0.1, 0.15) is 12.0 Å². The maximum absolute atomic E-state index is 13.3. The van der Waals surface area contributed by atoms with Crippen molar-refractivity contribution in [2.75, 3.05) is 31.1 Å². The second-order valence-corrected chi connectivity index (χ2v) is 8.43. The summed E-state index contributed by atoms with van der Waals surface area (Å²) in [5.74, 6) is -0.144. The van der Waals surface area contributed by atoms with Crippen LogP contribution < -0.4 is 4.90 Å². The van der Waals surface area contributed by atoms with Crippen molar-refractivity contribution in [3.05, 3.63) is 84.2 Å². The van der Waals surface area contributed by atoms with E-state index in [0.29, 0.717) is 25.3 Å². The van der Waals surface area contributed by atoms with E-state index in [1.807, 2.05) is 58.5 Å². The summed E-state index contributed by atoms with van der Waals surface area (Å²) < 4.78 is 0. The standard InChI is InChI=1S/C26H30N6O2/c1-21(33)32-17-7-15-30(19-23-9-4-5-12-28-23)14-6-16-31(18-22-8-2-3-10-25(22)32)26(34)24-11-13-27-20-29-24/h2-5,8-13,20H,6-7,14-19H2,1H3. The molecule has 176 valence electrons. The Bertz CT molecular complexity index is 1090. The minimum atomic E-state index is -0.139. The smallest absolute Gasteiger partial charge is 0.272 e. The second kappa shape index (κ2) is 11.5. The highest BCUT2D eigenvalue weighted by atomic mass is 16.2. The molecule has 8 heteroatoms. The minimum Gasteiger partial charge on any atom is -0.333 e. The highest BCUT2D eigenvalue weighted by Gasteiger charge is 2.22. The second-order valence-electron chi connectivity index (χ2n) is 8.43. The lowest BCUT2D eigenvalue weighted by atomic mass is 10.1. The quantitative estimate of drug-likeness (QED) is 0.600. The lowest BCUT2D eigenvalue weighted by Crippen LogP contribution is -2.38. The number of amides is 2. The molecule has 0 aliphatic carbocycles. The minimum absolute atomic E-state index is 0.00513. The van der Waals surface area contributed by atoms with Crippen LogP contribution in [0.25, 0.3) is 0 Å². The van der Waals surface area contributed by atoms with Crippen molar-refractivity contribution < 1.29 is 9.59 Å². The zero-order chi connectivity index (χ0) is 23.8. The molecule has 1 aliphatic heterocycles. The number of para-hydroxylation sites is 1. The van der Waals surface area contributed by atoms with E-state index in [0.717, 1.165) is 49.4 Å². The molecule has 0 N–H and O–H groups in total. The predicted octanol–water partition coefficient (Wildman–Crippen LogP) is 3.16. The summed E-state index contributed by atoms with van der Waals surface area (Å²) in [6.07, 6.45) is 6.45. The summed E-state index contributed by atoms with van der Waals surface area (Å²) >= 11 is 0. The van der Waals surface area contributed by atoms with Crippen molar-refractivity contribution in [1.29, 1.82) is 0 Å². The van der Waals surface area contributed by atoms with Crippen molar-refractivity contribution in [3.8, 4) is 0 Å². The number of anilines is 1. The first kappa shape index (κ1) is 23.5. The van der Waals surface area contributed by atoms with Gasteiger partial charge in [0.15, 0.2) is 0 Å². The average Bonchev–Trinajstić information content (AvgIpc) is 2.86. The molecule has 8 nitrogen and oxygen atoms in total. The molecule has 2 aromatic heterocycles. The van der Waals surface area contributed by atoms with Gasteiger partial charge < -0.3 is 9.80 Å². The highest BCUT2D eigenvalue weighted by Crippen LogP contribution is 2.24. The van der Waals surface area contributed by atoms with Gasteiger partial charge in [0.25, 0.3) is 5.91 Å². The van der Waals surface area contributed by atoms with Crippen LogP contribution in [-0.4, -0.2) is 62.7 Å². The Hall–Kier alpha value is -3.65. The molecule has 0 radical (unpaired) electrons. The summed E-state index contributed by atoms with van der Waals surface area (Å²) in [5, 5.41) is 0. The van der Waals surface area contributed by atoms with Crippen LogP contribution in [-0.2, 0) is 17.9 Å². The first-order valence-corrected chi connectivity index (χ1v) is 11.7. The van der Waals surface area contributed by atoms with Gasteiger partial charge in [0.2, 0.25) is 5.91 Å². The molecule has 3 heterocycles. The van der Waals surface area contributed by atoms with Gasteiger partial charge in [-0.25, -0.2) is 9.97 Å². The van der Waals surface area contributed by atoms with Gasteiger partial charge in [0.05, 0.1) is 5.69 Å². The fraction of sp³-hybridized carbons (Fsp3) is 0.346. The number of hydrogen-bond acceptors (Lipinski definition) is 6. The van der Waals surface area contributed by atoms with Crippen LogP contribution in [0.15, 0.2) is 67.3 Å². The maximum Gasteiger partial charge on any atom is 0.272 e. The van der Waals surface area contributed by atoms with E-state index < -0.39 is 0 Å². The molecule has 0 atom stereocenters. The molecule has 1 aromatic carbocycles. The summed E-state index contributed by atoms with van der Waals surface area (Å²) in [6, 6.07) is 15.4. The molecule has 1 aliphatic rings. The fourth-order valence-electron chi connectivity index (χ4n) is 4.32. The summed E-state index contributed by atoms with van der Waals surface area (Å²) in [5.41, 5.74) is 3.18. The third-order valence-corrected chi connectivity index (χ3v) is 5.98. The molecule has 0 unspecified atom stereocenters. The zero-order valence-corrected chi connectivity index (χ0v) is 19.5. The number of rotatable bonds is 3. The van der Waals surface area contributed by atoms with E-state index in [1.165, 1.54) is 6.33 Å². The van der Waals surface area contributed by atoms with Crippen LogP contribution in [0.4, 0.5) is 5.69 Å². The molecule has 4 rings (SSSR count). The van der Waals surface area contributed by atoms with E-state index in [1.54, 1.807) is 19.2 Å². The van der Waals surface area contributed by atoms with Gasteiger partial charge in [-0.2, -0.15) is 0 Å². The number of nitrogens with zero attached hydrogens (tertiary/aromatic N) is 6. The van der Waals surface area contributed by atoms with Crippen LogP contribution in [0, 0.1) is 0 Å². The number of aromatic nitrogens is 3. The predicted molar refractivity (Wildman–Crippen MR) is 130 cm³/mol. The van der Waals surface area contributed by atoms with Gasteiger partial charge >= 0.3 is 0 Å². The Labute approximate surface area is 200 Å². The van der Waals surface area contributed by atoms with Crippen molar-refractivity contribution in [3.63, 3.8) is 0 Å². The number of hydrogen-bond donors (Lipinski definition) is 0. The normalized spacial score (nSPS) is 15.7. The molecule has 0 spiro atoms. The summed E-state index contributed by atoms with van der Waals surface area (Å²) in [7, 11) is 0. The molecule has 3 aromatic rings. The summed E-state index contributed by atoms with van der Waals surface area (Å²) in [6.45, 7) is 5.59. The van der Waals surface area contributed by atoms with Gasteiger partial charge in [-0.15, -0.1) is 0 Å². The first-order valence-electron chi connectivity index (χ1n) is 11.7. The molecule has 0 saturated carbocycles. The molecule has 0 saturated heterocycles. The number of benzene rings is 1. The third-order valence-electron chi connectivity index (χ3n) is 5.98. The van der Waals surface area contributed by atoms with E-state index in [2.05, 4.69) is 19.9 Å². The van der Waals surface area contributed by atoms with E-state index in [4.69, 9.17) is 0 Å². The SMILES string of the molecule is CC(=O)N1CCCN(Cc2ccccn2)CCCN(C(=O)c2ccncn2)Cc2ccccc21. The fourth-order valence-corrected chi connectivity index (χ4v) is 4.32.